The van der Waals surface area contributed by atoms with E-state index in [4.69, 9.17) is 22.1 Å². The number of halogens is 3. The standard InChI is InChI=1S/C22H18ClF2N7O2/c1-10-6-28-21(33)14-9-30-32-18(26)17(11-2-3-15(23)16(25)5-11)19(31-20(14)32)27-7-12-4-13(24)8-29-22(12)34-10/h2-5,8-10H,6-7,26H2,1H3,(H,27,31)(H,28,33). The summed E-state index contributed by atoms with van der Waals surface area (Å²) in [5.74, 6) is -1.08. The Kier molecular flexibility index (Phi) is 5.40. The van der Waals surface area contributed by atoms with Crippen LogP contribution in [0.25, 0.3) is 16.8 Å². The summed E-state index contributed by atoms with van der Waals surface area (Å²) in [6.07, 6.45) is 1.94. The van der Waals surface area contributed by atoms with Crippen molar-refractivity contribution >= 4 is 34.8 Å². The summed E-state index contributed by atoms with van der Waals surface area (Å²) in [4.78, 5) is 21.4. The van der Waals surface area contributed by atoms with E-state index in [0.717, 1.165) is 6.20 Å². The summed E-state index contributed by atoms with van der Waals surface area (Å²) in [6.45, 7) is 1.97. The van der Waals surface area contributed by atoms with Gasteiger partial charge in [-0.3, -0.25) is 4.79 Å². The second kappa shape index (κ2) is 8.41. The van der Waals surface area contributed by atoms with Gasteiger partial charge in [0.1, 0.15) is 34.9 Å². The monoisotopic (exact) mass is 485 g/mol. The topological polar surface area (TPSA) is 119 Å². The Morgan fingerprint density at radius 3 is 2.85 bits per heavy atom. The van der Waals surface area contributed by atoms with Crippen molar-refractivity contribution in [2.45, 2.75) is 19.6 Å². The molecule has 0 aliphatic carbocycles. The number of aromatic nitrogens is 4. The number of benzene rings is 1. The van der Waals surface area contributed by atoms with Crippen LogP contribution in [0.15, 0.2) is 36.7 Å². The molecular formula is C22H18ClF2N7O2. The van der Waals surface area contributed by atoms with Gasteiger partial charge in [0.05, 0.1) is 29.5 Å². The number of hydrogen-bond acceptors (Lipinski definition) is 7. The first-order valence-electron chi connectivity index (χ1n) is 10.3. The molecule has 174 valence electrons. The molecule has 12 heteroatoms. The van der Waals surface area contributed by atoms with E-state index in [1.165, 1.54) is 28.9 Å². The van der Waals surface area contributed by atoms with Crippen LogP contribution >= 0.6 is 11.6 Å². The lowest BCUT2D eigenvalue weighted by molar-refractivity contribution is 0.0932. The van der Waals surface area contributed by atoms with Gasteiger partial charge in [-0.2, -0.15) is 9.61 Å². The average Bonchev–Trinajstić information content (AvgIpc) is 3.23. The third-order valence-electron chi connectivity index (χ3n) is 5.34. The van der Waals surface area contributed by atoms with Gasteiger partial charge in [-0.05, 0) is 30.7 Å². The number of rotatable bonds is 1. The Morgan fingerprint density at radius 1 is 1.24 bits per heavy atom. The molecule has 4 N–H and O–H groups in total. The van der Waals surface area contributed by atoms with E-state index < -0.39 is 23.6 Å². The van der Waals surface area contributed by atoms with Crippen molar-refractivity contribution in [3.63, 3.8) is 0 Å². The third kappa shape index (κ3) is 3.83. The number of nitrogens with one attached hydrogen (secondary N) is 2. The van der Waals surface area contributed by atoms with Crippen molar-refractivity contribution in [3.05, 3.63) is 64.4 Å². The third-order valence-corrected chi connectivity index (χ3v) is 5.64. The number of carbonyl (C=O) groups is 1. The zero-order chi connectivity index (χ0) is 24.0. The summed E-state index contributed by atoms with van der Waals surface area (Å²) in [7, 11) is 0. The van der Waals surface area contributed by atoms with E-state index in [2.05, 4.69) is 25.7 Å². The Balaban J connectivity index is 1.72. The van der Waals surface area contributed by atoms with Crippen LogP contribution in [0.2, 0.25) is 5.02 Å². The highest BCUT2D eigenvalue weighted by atomic mass is 35.5. The van der Waals surface area contributed by atoms with E-state index >= 15 is 0 Å². The first kappa shape index (κ1) is 21.8. The number of fused-ring (bicyclic) bond motifs is 2. The average molecular weight is 486 g/mol. The maximum Gasteiger partial charge on any atom is 0.256 e. The molecule has 1 atom stereocenters. The molecule has 2 bridgehead atoms. The summed E-state index contributed by atoms with van der Waals surface area (Å²) < 4.78 is 35.4. The summed E-state index contributed by atoms with van der Waals surface area (Å²) in [5.41, 5.74) is 7.93. The number of nitrogens with zero attached hydrogens (tertiary/aromatic N) is 4. The van der Waals surface area contributed by atoms with Gasteiger partial charge >= 0.3 is 0 Å². The molecule has 0 radical (unpaired) electrons. The quantitative estimate of drug-likeness (QED) is 0.378. The fourth-order valence-electron chi connectivity index (χ4n) is 3.68. The Hall–Kier alpha value is -3.99. The highest BCUT2D eigenvalue weighted by Crippen LogP contribution is 2.36. The summed E-state index contributed by atoms with van der Waals surface area (Å²) in [6, 6.07) is 5.49. The molecule has 4 aromatic rings. The van der Waals surface area contributed by atoms with Crippen LogP contribution in [0, 0.1) is 11.6 Å². The minimum absolute atomic E-state index is 0.0518. The van der Waals surface area contributed by atoms with Gasteiger partial charge in [0.15, 0.2) is 5.65 Å². The Bertz CT molecular complexity index is 1440. The molecule has 0 saturated carbocycles. The van der Waals surface area contributed by atoms with Crippen molar-refractivity contribution in [1.82, 2.24) is 24.9 Å². The highest BCUT2D eigenvalue weighted by molar-refractivity contribution is 6.30. The van der Waals surface area contributed by atoms with E-state index in [0.29, 0.717) is 16.7 Å². The molecule has 1 amide bonds. The number of hydrogen-bond donors (Lipinski definition) is 3. The van der Waals surface area contributed by atoms with Crippen molar-refractivity contribution in [3.8, 4) is 17.0 Å². The molecule has 9 nitrogen and oxygen atoms in total. The zero-order valence-corrected chi connectivity index (χ0v) is 18.5. The molecule has 1 aromatic carbocycles. The fraction of sp³-hybridized carbons (Fsp3) is 0.182. The first-order chi connectivity index (χ1) is 16.3. The van der Waals surface area contributed by atoms with E-state index in [-0.39, 0.29) is 46.8 Å². The maximum atomic E-state index is 14.3. The second-order valence-electron chi connectivity index (χ2n) is 7.75. The van der Waals surface area contributed by atoms with Crippen LogP contribution in [-0.2, 0) is 6.54 Å². The smallest absolute Gasteiger partial charge is 0.256 e. The molecule has 4 heterocycles. The molecule has 1 aliphatic heterocycles. The predicted molar refractivity (Wildman–Crippen MR) is 122 cm³/mol. The number of nitrogens with two attached hydrogens (primary N) is 1. The lowest BCUT2D eigenvalue weighted by Gasteiger charge is -2.18. The molecule has 0 spiro atoms. The predicted octanol–water partition coefficient (Wildman–Crippen LogP) is 3.43. The fourth-order valence-corrected chi connectivity index (χ4v) is 3.80. The van der Waals surface area contributed by atoms with Crippen molar-refractivity contribution < 1.29 is 18.3 Å². The minimum Gasteiger partial charge on any atom is -0.473 e. The van der Waals surface area contributed by atoms with Gasteiger partial charge in [0.25, 0.3) is 5.91 Å². The normalized spacial score (nSPS) is 16.0. The SMILES string of the molecule is CC1CNC(=O)c2cnn3c(N)c(-c4ccc(Cl)c(F)c4)c(nc23)NCc2cc(F)cnc2O1. The maximum absolute atomic E-state index is 14.3. The largest absolute Gasteiger partial charge is 0.473 e. The van der Waals surface area contributed by atoms with Crippen LogP contribution in [0.5, 0.6) is 5.88 Å². The van der Waals surface area contributed by atoms with E-state index in [9.17, 15) is 13.6 Å². The molecule has 1 unspecified atom stereocenters. The molecule has 5 rings (SSSR count). The highest BCUT2D eigenvalue weighted by Gasteiger charge is 2.23. The Morgan fingerprint density at radius 2 is 2.06 bits per heavy atom. The number of amides is 1. The summed E-state index contributed by atoms with van der Waals surface area (Å²) in [5, 5.41) is 10.0. The van der Waals surface area contributed by atoms with Crippen LogP contribution in [0.4, 0.5) is 20.4 Å². The number of pyridine rings is 1. The van der Waals surface area contributed by atoms with Crippen molar-refractivity contribution in [2.75, 3.05) is 17.6 Å². The van der Waals surface area contributed by atoms with Gasteiger partial charge in [0, 0.05) is 12.1 Å². The van der Waals surface area contributed by atoms with Gasteiger partial charge in [-0.15, -0.1) is 0 Å². The van der Waals surface area contributed by atoms with Gasteiger partial charge in [-0.1, -0.05) is 17.7 Å². The lowest BCUT2D eigenvalue weighted by Crippen LogP contribution is -2.33. The second-order valence-corrected chi connectivity index (χ2v) is 8.16. The number of nitrogen functional groups attached to an aromatic ring is 1. The van der Waals surface area contributed by atoms with Crippen LogP contribution in [-0.4, -0.2) is 38.1 Å². The van der Waals surface area contributed by atoms with Crippen LogP contribution in [0.3, 0.4) is 0 Å². The molecule has 34 heavy (non-hydrogen) atoms. The zero-order valence-electron chi connectivity index (χ0n) is 17.8. The molecule has 3 aromatic heterocycles. The van der Waals surface area contributed by atoms with Crippen LogP contribution in [0.1, 0.15) is 22.8 Å². The van der Waals surface area contributed by atoms with Gasteiger partial charge in [-0.25, -0.2) is 18.7 Å². The number of ether oxygens (including phenoxy) is 1. The first-order valence-corrected chi connectivity index (χ1v) is 10.7. The molecular weight excluding hydrogens is 468 g/mol. The number of carbonyl (C=O) groups excluding carboxylic acids is 1. The molecule has 1 aliphatic rings. The van der Waals surface area contributed by atoms with Crippen molar-refractivity contribution in [2.24, 2.45) is 0 Å². The molecule has 0 saturated heterocycles. The van der Waals surface area contributed by atoms with E-state index in [1.807, 2.05) is 0 Å². The van der Waals surface area contributed by atoms with Gasteiger partial charge < -0.3 is 21.1 Å². The van der Waals surface area contributed by atoms with Gasteiger partial charge in [0.2, 0.25) is 5.88 Å². The Labute approximate surface area is 196 Å². The number of anilines is 2. The van der Waals surface area contributed by atoms with Crippen molar-refractivity contribution in [1.29, 1.82) is 0 Å². The van der Waals surface area contributed by atoms with Crippen LogP contribution < -0.4 is 21.1 Å². The van der Waals surface area contributed by atoms with E-state index in [1.54, 1.807) is 13.0 Å². The lowest BCUT2D eigenvalue weighted by atomic mass is 10.1. The summed E-state index contributed by atoms with van der Waals surface area (Å²) >= 11 is 5.85. The minimum atomic E-state index is -0.643. The molecule has 0 fully saturated rings.